The van der Waals surface area contributed by atoms with Crippen LogP contribution >= 0.6 is 0 Å². The molecule has 2 saturated heterocycles. The molecule has 3 heterocycles. The summed E-state index contributed by atoms with van der Waals surface area (Å²) in [7, 11) is 1.58. The van der Waals surface area contributed by atoms with Crippen LogP contribution in [0.15, 0.2) is 24.9 Å². The molecule has 2 aliphatic rings. The third-order valence-electron chi connectivity index (χ3n) is 5.66. The van der Waals surface area contributed by atoms with E-state index in [1.807, 2.05) is 33.8 Å². The third kappa shape index (κ3) is 4.02. The van der Waals surface area contributed by atoms with Crippen LogP contribution in [0.4, 0.5) is 11.5 Å². The number of carbonyl (C=O) groups excluding carboxylic acids is 1. The van der Waals surface area contributed by atoms with Gasteiger partial charge in [-0.05, 0) is 46.9 Å². The second-order valence-electron chi connectivity index (χ2n) is 8.21. The summed E-state index contributed by atoms with van der Waals surface area (Å²) in [5.74, 6) is 0.497. The highest BCUT2D eigenvalue weighted by atomic mass is 16.7. The molecule has 0 saturated carbocycles. The Balaban J connectivity index is 1.90. The molecule has 0 aromatic carbocycles. The van der Waals surface area contributed by atoms with Gasteiger partial charge in [-0.1, -0.05) is 6.58 Å². The van der Waals surface area contributed by atoms with Crippen molar-refractivity contribution in [1.29, 1.82) is 0 Å². The van der Waals surface area contributed by atoms with Gasteiger partial charge in [0.2, 0.25) is 5.91 Å². The van der Waals surface area contributed by atoms with Gasteiger partial charge >= 0.3 is 7.12 Å². The van der Waals surface area contributed by atoms with Crippen LogP contribution in [-0.2, 0) is 14.1 Å². The average Bonchev–Trinajstić information content (AvgIpc) is 2.83. The number of anilines is 2. The Bertz CT molecular complexity index is 714. The summed E-state index contributed by atoms with van der Waals surface area (Å²) in [6, 6.07) is 1.89. The number of pyridine rings is 1. The molecule has 2 fully saturated rings. The quantitative estimate of drug-likeness (QED) is 0.634. The van der Waals surface area contributed by atoms with Gasteiger partial charge < -0.3 is 24.4 Å². The van der Waals surface area contributed by atoms with Crippen LogP contribution in [0.5, 0.6) is 0 Å². The minimum atomic E-state index is -0.525. The van der Waals surface area contributed by atoms with Crippen LogP contribution in [0, 0.1) is 0 Å². The molecule has 2 aliphatic heterocycles. The maximum atomic E-state index is 12.0. The minimum absolute atomic E-state index is 0.266. The first-order valence-corrected chi connectivity index (χ1v) is 9.35. The lowest BCUT2D eigenvalue weighted by atomic mass is 9.80. The topological polar surface area (TPSA) is 66.9 Å². The SMILES string of the molecule is C=CC(=O)Nc1cc(B2OC(C)(C)C(C)(C)O2)cnc1N1CCN(C)CC1. The average molecular weight is 372 g/mol. The highest BCUT2D eigenvalue weighted by Crippen LogP contribution is 2.36. The highest BCUT2D eigenvalue weighted by Gasteiger charge is 2.52. The highest BCUT2D eigenvalue weighted by molar-refractivity contribution is 6.62. The number of aromatic nitrogens is 1. The predicted molar refractivity (Wildman–Crippen MR) is 108 cm³/mol. The van der Waals surface area contributed by atoms with Crippen molar-refractivity contribution in [2.24, 2.45) is 0 Å². The van der Waals surface area contributed by atoms with E-state index in [1.165, 1.54) is 6.08 Å². The van der Waals surface area contributed by atoms with Crippen molar-refractivity contribution in [1.82, 2.24) is 9.88 Å². The van der Waals surface area contributed by atoms with Gasteiger partial charge in [0.1, 0.15) is 0 Å². The van der Waals surface area contributed by atoms with E-state index in [2.05, 4.69) is 33.7 Å². The number of likely N-dealkylation sites (N-methyl/N-ethyl adjacent to an activating group) is 1. The summed E-state index contributed by atoms with van der Waals surface area (Å²) in [5, 5.41) is 2.89. The number of carbonyl (C=O) groups is 1. The minimum Gasteiger partial charge on any atom is -0.399 e. The first kappa shape index (κ1) is 19.9. The molecule has 0 radical (unpaired) electrons. The van der Waals surface area contributed by atoms with Crippen LogP contribution in [-0.4, -0.2) is 67.3 Å². The van der Waals surface area contributed by atoms with Crippen LogP contribution in [0.25, 0.3) is 0 Å². The fourth-order valence-corrected chi connectivity index (χ4v) is 3.13. The molecule has 0 bridgehead atoms. The third-order valence-corrected chi connectivity index (χ3v) is 5.66. The van der Waals surface area contributed by atoms with E-state index in [4.69, 9.17) is 9.31 Å². The van der Waals surface area contributed by atoms with Crippen molar-refractivity contribution in [3.8, 4) is 0 Å². The Hall–Kier alpha value is -1.90. The molecule has 1 aromatic heterocycles. The van der Waals surface area contributed by atoms with E-state index in [1.54, 1.807) is 6.20 Å². The number of nitrogens with zero attached hydrogens (tertiary/aromatic N) is 3. The van der Waals surface area contributed by atoms with Crippen molar-refractivity contribution >= 4 is 30.0 Å². The van der Waals surface area contributed by atoms with Gasteiger partial charge in [-0.15, -0.1) is 0 Å². The summed E-state index contributed by atoms with van der Waals surface area (Å²) < 4.78 is 12.2. The van der Waals surface area contributed by atoms with Crippen LogP contribution in [0.1, 0.15) is 27.7 Å². The van der Waals surface area contributed by atoms with Gasteiger partial charge in [0.05, 0.1) is 16.9 Å². The molecule has 3 rings (SSSR count). The van der Waals surface area contributed by atoms with E-state index in [9.17, 15) is 4.79 Å². The number of amides is 1. The van der Waals surface area contributed by atoms with Gasteiger partial charge in [0.15, 0.2) is 5.82 Å². The molecule has 0 spiro atoms. The van der Waals surface area contributed by atoms with Crippen molar-refractivity contribution in [2.45, 2.75) is 38.9 Å². The molecule has 1 aromatic rings. The summed E-state index contributed by atoms with van der Waals surface area (Å²) in [6.45, 7) is 15.2. The van der Waals surface area contributed by atoms with Crippen LogP contribution in [0.3, 0.4) is 0 Å². The molecule has 146 valence electrons. The Labute approximate surface area is 161 Å². The van der Waals surface area contributed by atoms with Gasteiger partial charge in [-0.3, -0.25) is 4.79 Å². The van der Waals surface area contributed by atoms with Gasteiger partial charge in [-0.2, -0.15) is 0 Å². The Morgan fingerprint density at radius 2 is 1.81 bits per heavy atom. The largest absolute Gasteiger partial charge is 0.496 e. The molecular weight excluding hydrogens is 343 g/mol. The number of hydrogen-bond acceptors (Lipinski definition) is 6. The second kappa shape index (κ2) is 7.26. The number of nitrogens with one attached hydrogen (secondary N) is 1. The van der Waals surface area contributed by atoms with E-state index >= 15 is 0 Å². The molecule has 0 unspecified atom stereocenters. The zero-order valence-corrected chi connectivity index (χ0v) is 16.9. The number of hydrogen-bond donors (Lipinski definition) is 1. The summed E-state index contributed by atoms with van der Waals surface area (Å²) in [6.07, 6.45) is 3.04. The van der Waals surface area contributed by atoms with Crippen molar-refractivity contribution in [3.63, 3.8) is 0 Å². The molecule has 0 aliphatic carbocycles. The summed E-state index contributed by atoms with van der Waals surface area (Å²) >= 11 is 0. The lowest BCUT2D eigenvalue weighted by Gasteiger charge is -2.34. The van der Waals surface area contributed by atoms with E-state index in [0.29, 0.717) is 5.69 Å². The van der Waals surface area contributed by atoms with E-state index < -0.39 is 18.3 Å². The first-order valence-electron chi connectivity index (χ1n) is 9.35. The van der Waals surface area contributed by atoms with Crippen LogP contribution in [0.2, 0.25) is 0 Å². The molecule has 7 nitrogen and oxygen atoms in total. The first-order chi connectivity index (χ1) is 12.6. The van der Waals surface area contributed by atoms with E-state index in [-0.39, 0.29) is 5.91 Å². The predicted octanol–water partition coefficient (Wildman–Crippen LogP) is 1.26. The lowest BCUT2D eigenvalue weighted by molar-refractivity contribution is -0.111. The smallest absolute Gasteiger partial charge is 0.399 e. The molecule has 27 heavy (non-hydrogen) atoms. The summed E-state index contributed by atoms with van der Waals surface area (Å²) in [4.78, 5) is 21.1. The fourth-order valence-electron chi connectivity index (χ4n) is 3.13. The molecule has 1 amide bonds. The molecule has 1 N–H and O–H groups in total. The Kier molecular flexibility index (Phi) is 5.34. The Morgan fingerprint density at radius 1 is 1.22 bits per heavy atom. The second-order valence-corrected chi connectivity index (χ2v) is 8.21. The van der Waals surface area contributed by atoms with Gasteiger partial charge in [0, 0.05) is 37.8 Å². The molecular formula is C19H29BN4O3. The maximum Gasteiger partial charge on any atom is 0.496 e. The van der Waals surface area contributed by atoms with Crippen molar-refractivity contribution < 1.29 is 14.1 Å². The standard InChI is InChI=1S/C19H29BN4O3/c1-7-16(25)22-15-12-14(20-26-18(2,3)19(4,5)27-20)13-21-17(15)24-10-8-23(6)9-11-24/h7,12-13H,1,8-11H2,2-6H3,(H,22,25). The number of rotatable bonds is 4. The van der Waals surface area contributed by atoms with E-state index in [0.717, 1.165) is 37.5 Å². The monoisotopic (exact) mass is 372 g/mol. The normalized spacial score (nSPS) is 22.0. The van der Waals surface area contributed by atoms with Crippen LogP contribution < -0.4 is 15.7 Å². The van der Waals surface area contributed by atoms with Gasteiger partial charge in [0.25, 0.3) is 0 Å². The van der Waals surface area contributed by atoms with Crippen molar-refractivity contribution in [2.75, 3.05) is 43.4 Å². The van der Waals surface area contributed by atoms with Gasteiger partial charge in [-0.25, -0.2) is 4.98 Å². The molecule has 0 atom stereocenters. The lowest BCUT2D eigenvalue weighted by Crippen LogP contribution is -2.45. The zero-order valence-electron chi connectivity index (χ0n) is 16.9. The van der Waals surface area contributed by atoms with Crippen molar-refractivity contribution in [3.05, 3.63) is 24.9 Å². The Morgan fingerprint density at radius 3 is 2.37 bits per heavy atom. The molecule has 8 heteroatoms. The fraction of sp³-hybridized carbons (Fsp3) is 0.579. The summed E-state index contributed by atoms with van der Waals surface area (Å²) in [5.41, 5.74) is 0.568. The zero-order chi connectivity index (χ0) is 19.8. The maximum absolute atomic E-state index is 12.0. The number of piperazine rings is 1.